The molecule has 1 aliphatic rings. The van der Waals surface area contributed by atoms with Gasteiger partial charge in [0.2, 0.25) is 0 Å². The molecule has 0 aliphatic heterocycles. The van der Waals surface area contributed by atoms with Gasteiger partial charge in [0.15, 0.2) is 11.6 Å². The van der Waals surface area contributed by atoms with Gasteiger partial charge in [-0.05, 0) is 31.2 Å². The molecule has 2 aromatic rings. The van der Waals surface area contributed by atoms with Gasteiger partial charge in [0.1, 0.15) is 11.5 Å². The van der Waals surface area contributed by atoms with Crippen LogP contribution in [0.3, 0.4) is 0 Å². The molecule has 0 radical (unpaired) electrons. The van der Waals surface area contributed by atoms with Crippen molar-refractivity contribution in [2.45, 2.75) is 6.92 Å². The van der Waals surface area contributed by atoms with Crippen LogP contribution >= 0.6 is 0 Å². The summed E-state index contributed by atoms with van der Waals surface area (Å²) < 4.78 is 5.32. The van der Waals surface area contributed by atoms with E-state index in [1.807, 2.05) is 12.1 Å². The van der Waals surface area contributed by atoms with Gasteiger partial charge in [-0.25, -0.2) is 0 Å². The van der Waals surface area contributed by atoms with E-state index in [4.69, 9.17) is 4.74 Å². The molecule has 0 atom stereocenters. The Morgan fingerprint density at radius 1 is 1.00 bits per heavy atom. The van der Waals surface area contributed by atoms with Gasteiger partial charge in [-0.3, -0.25) is 9.59 Å². The Bertz CT molecular complexity index is 831. The van der Waals surface area contributed by atoms with Gasteiger partial charge in [0, 0.05) is 27.8 Å². The van der Waals surface area contributed by atoms with Crippen molar-refractivity contribution < 1.29 is 19.4 Å². The second-order valence-electron chi connectivity index (χ2n) is 5.14. The van der Waals surface area contributed by atoms with Crippen LogP contribution in [-0.4, -0.2) is 23.8 Å². The van der Waals surface area contributed by atoms with Crippen molar-refractivity contribution in [1.82, 2.24) is 0 Å². The van der Waals surface area contributed by atoms with Crippen molar-refractivity contribution in [2.75, 3.05) is 7.11 Å². The summed E-state index contributed by atoms with van der Waals surface area (Å²) in [5.74, 6) is 0.0204. The predicted octanol–water partition coefficient (Wildman–Crippen LogP) is 3.39. The Balaban J connectivity index is 2.35. The molecule has 0 fully saturated rings. The Kier molecular flexibility index (Phi) is 3.29. The third kappa shape index (κ3) is 2.09. The summed E-state index contributed by atoms with van der Waals surface area (Å²) >= 11 is 0. The molecule has 0 spiro atoms. The molecule has 3 rings (SSSR count). The van der Waals surface area contributed by atoms with Crippen molar-refractivity contribution in [3.05, 3.63) is 59.2 Å². The first-order valence-corrected chi connectivity index (χ1v) is 6.80. The fraction of sp³-hybridized carbons (Fsp3) is 0.111. The molecule has 0 bridgehead atoms. The van der Waals surface area contributed by atoms with Gasteiger partial charge in [0.05, 0.1) is 7.11 Å². The standard InChI is InChI=1S/C18H14O4/c1-10-7-15(20)17-13(8-11(19)9-14(17)18(10)21)12-5-3-4-6-16(12)22-2/h3-9,19H,1-2H3. The number of ether oxygens (including phenoxy) is 1. The lowest BCUT2D eigenvalue weighted by molar-refractivity contribution is 0.0984. The molecule has 110 valence electrons. The molecule has 0 heterocycles. The predicted molar refractivity (Wildman–Crippen MR) is 82.5 cm³/mol. The number of benzene rings is 2. The number of carbonyl (C=O) groups is 2. The summed E-state index contributed by atoms with van der Waals surface area (Å²) in [5, 5.41) is 9.96. The maximum Gasteiger partial charge on any atom is 0.189 e. The average molecular weight is 294 g/mol. The van der Waals surface area contributed by atoms with Gasteiger partial charge < -0.3 is 9.84 Å². The van der Waals surface area contributed by atoms with Crippen molar-refractivity contribution in [3.63, 3.8) is 0 Å². The van der Waals surface area contributed by atoms with Crippen LogP contribution in [0.2, 0.25) is 0 Å². The Morgan fingerprint density at radius 3 is 2.41 bits per heavy atom. The fourth-order valence-electron chi connectivity index (χ4n) is 2.70. The van der Waals surface area contributed by atoms with Crippen LogP contribution in [-0.2, 0) is 0 Å². The highest BCUT2D eigenvalue weighted by Crippen LogP contribution is 2.38. The SMILES string of the molecule is COc1ccccc1-c1cc(O)cc2c1C(=O)C=C(C)C2=O. The lowest BCUT2D eigenvalue weighted by atomic mass is 9.84. The van der Waals surface area contributed by atoms with Crippen molar-refractivity contribution in [1.29, 1.82) is 0 Å². The number of rotatable bonds is 2. The number of carbonyl (C=O) groups excluding carboxylic acids is 2. The molecule has 0 saturated heterocycles. The maximum atomic E-state index is 12.4. The molecular formula is C18H14O4. The fourth-order valence-corrected chi connectivity index (χ4v) is 2.70. The Labute approximate surface area is 127 Å². The van der Waals surface area contributed by atoms with Crippen LogP contribution in [0.5, 0.6) is 11.5 Å². The monoisotopic (exact) mass is 294 g/mol. The number of phenols is 1. The van der Waals surface area contributed by atoms with E-state index < -0.39 is 0 Å². The van der Waals surface area contributed by atoms with Crippen LogP contribution in [0.15, 0.2) is 48.0 Å². The third-order valence-corrected chi connectivity index (χ3v) is 3.72. The summed E-state index contributed by atoms with van der Waals surface area (Å²) in [6, 6.07) is 10.00. The van der Waals surface area contributed by atoms with Gasteiger partial charge in [-0.15, -0.1) is 0 Å². The van der Waals surface area contributed by atoms with E-state index in [9.17, 15) is 14.7 Å². The quantitative estimate of drug-likeness (QED) is 0.922. The van der Waals surface area contributed by atoms with E-state index in [0.29, 0.717) is 28.0 Å². The van der Waals surface area contributed by atoms with E-state index in [0.717, 1.165) is 0 Å². The number of allylic oxidation sites excluding steroid dienone is 2. The number of fused-ring (bicyclic) bond motifs is 1. The van der Waals surface area contributed by atoms with Crippen LogP contribution in [0.1, 0.15) is 27.6 Å². The first-order chi connectivity index (χ1) is 10.5. The second-order valence-corrected chi connectivity index (χ2v) is 5.14. The summed E-state index contributed by atoms with van der Waals surface area (Å²) in [7, 11) is 1.53. The number of phenolic OH excluding ortho intramolecular Hbond substituents is 1. The van der Waals surface area contributed by atoms with E-state index in [-0.39, 0.29) is 22.9 Å². The number of para-hydroxylation sites is 1. The molecule has 4 heteroatoms. The third-order valence-electron chi connectivity index (χ3n) is 3.72. The van der Waals surface area contributed by atoms with Crippen molar-refractivity contribution in [2.24, 2.45) is 0 Å². The molecule has 0 aromatic heterocycles. The van der Waals surface area contributed by atoms with E-state index >= 15 is 0 Å². The minimum Gasteiger partial charge on any atom is -0.508 e. The van der Waals surface area contributed by atoms with Gasteiger partial charge in [-0.1, -0.05) is 18.2 Å². The number of Topliss-reactive ketones (excluding diaryl/α,β-unsaturated/α-hetero) is 1. The number of hydrogen-bond donors (Lipinski definition) is 1. The van der Waals surface area contributed by atoms with Crippen LogP contribution in [0, 0.1) is 0 Å². The molecule has 4 nitrogen and oxygen atoms in total. The summed E-state index contributed by atoms with van der Waals surface area (Å²) in [6.45, 7) is 1.59. The molecule has 0 saturated carbocycles. The van der Waals surface area contributed by atoms with Crippen molar-refractivity contribution in [3.8, 4) is 22.6 Å². The summed E-state index contributed by atoms with van der Waals surface area (Å²) in [6.07, 6.45) is 1.33. The Morgan fingerprint density at radius 2 is 1.68 bits per heavy atom. The van der Waals surface area contributed by atoms with Crippen molar-refractivity contribution >= 4 is 11.6 Å². The highest BCUT2D eigenvalue weighted by molar-refractivity contribution is 6.26. The molecule has 1 aliphatic carbocycles. The van der Waals surface area contributed by atoms with Crippen LogP contribution in [0.4, 0.5) is 0 Å². The number of methoxy groups -OCH3 is 1. The van der Waals surface area contributed by atoms with E-state index in [2.05, 4.69) is 0 Å². The normalized spacial score (nSPS) is 13.6. The van der Waals surface area contributed by atoms with Crippen LogP contribution < -0.4 is 4.74 Å². The zero-order valence-corrected chi connectivity index (χ0v) is 12.2. The summed E-state index contributed by atoms with van der Waals surface area (Å²) in [4.78, 5) is 24.7. The topological polar surface area (TPSA) is 63.6 Å². The highest BCUT2D eigenvalue weighted by atomic mass is 16.5. The molecular weight excluding hydrogens is 280 g/mol. The molecule has 1 N–H and O–H groups in total. The molecule has 2 aromatic carbocycles. The zero-order chi connectivity index (χ0) is 15.9. The van der Waals surface area contributed by atoms with Gasteiger partial charge in [0.25, 0.3) is 0 Å². The van der Waals surface area contributed by atoms with E-state index in [1.165, 1.54) is 25.3 Å². The maximum absolute atomic E-state index is 12.4. The highest BCUT2D eigenvalue weighted by Gasteiger charge is 2.28. The summed E-state index contributed by atoms with van der Waals surface area (Å²) in [5.41, 5.74) is 2.05. The van der Waals surface area contributed by atoms with E-state index in [1.54, 1.807) is 19.1 Å². The van der Waals surface area contributed by atoms with Gasteiger partial charge in [-0.2, -0.15) is 0 Å². The molecule has 22 heavy (non-hydrogen) atoms. The number of hydrogen-bond acceptors (Lipinski definition) is 4. The largest absolute Gasteiger partial charge is 0.508 e. The Hall–Kier alpha value is -2.88. The lowest BCUT2D eigenvalue weighted by Crippen LogP contribution is -2.16. The van der Waals surface area contributed by atoms with Crippen LogP contribution in [0.25, 0.3) is 11.1 Å². The first kappa shape index (κ1) is 14.1. The number of ketones is 2. The second kappa shape index (κ2) is 5.15. The zero-order valence-electron chi connectivity index (χ0n) is 12.2. The molecule has 0 amide bonds. The minimum atomic E-state index is -0.248. The molecule has 0 unspecified atom stereocenters. The average Bonchev–Trinajstić information content (AvgIpc) is 2.51. The minimum absolute atomic E-state index is 0.0597. The number of aromatic hydroxyl groups is 1. The van der Waals surface area contributed by atoms with Gasteiger partial charge >= 0.3 is 0 Å². The lowest BCUT2D eigenvalue weighted by Gasteiger charge is -2.18. The first-order valence-electron chi connectivity index (χ1n) is 6.80. The smallest absolute Gasteiger partial charge is 0.189 e.